The summed E-state index contributed by atoms with van der Waals surface area (Å²) < 4.78 is 8.68. The molecule has 9 nitrogen and oxygen atoms in total. The molecule has 1 aliphatic heterocycles. The van der Waals surface area contributed by atoms with Crippen molar-refractivity contribution in [2.45, 2.75) is 24.5 Å². The van der Waals surface area contributed by atoms with E-state index in [1.165, 1.54) is 12.7 Å². The van der Waals surface area contributed by atoms with Gasteiger partial charge in [0, 0.05) is 6.20 Å². The zero-order chi connectivity index (χ0) is 14.6. The molecule has 3 aromatic rings. The fourth-order valence-electron chi connectivity index (χ4n) is 2.70. The molecule has 0 bridgehead atoms. The molecule has 1 fully saturated rings. The van der Waals surface area contributed by atoms with Gasteiger partial charge in [-0.25, -0.2) is 14.5 Å². The van der Waals surface area contributed by atoms with Crippen molar-refractivity contribution in [3.63, 3.8) is 0 Å². The van der Waals surface area contributed by atoms with Crippen LogP contribution in [-0.4, -0.2) is 64.4 Å². The van der Waals surface area contributed by atoms with Crippen LogP contribution in [0.2, 0.25) is 0 Å². The van der Waals surface area contributed by atoms with Crippen LogP contribution >= 0.6 is 0 Å². The molecule has 1 aliphatic rings. The molecule has 4 rings (SSSR count). The smallest absolute Gasteiger partial charge is 0.168 e. The normalized spacial score (nSPS) is 29.7. The van der Waals surface area contributed by atoms with Gasteiger partial charge >= 0.3 is 0 Å². The lowest BCUT2D eigenvalue weighted by Gasteiger charge is -2.17. The van der Waals surface area contributed by atoms with Gasteiger partial charge in [0.1, 0.15) is 36.6 Å². The number of hydrogen-bond acceptors (Lipinski definition) is 7. The molecular weight excluding hydrogens is 278 g/mol. The standard InChI is InChI=1S/C12H13N5O4/c18-3-7-8(19)9(20)12(21-7)16-2-1-6-10(16)14-5-17-11(6)13-4-15-17/h1-2,4-5,7-9,12,18-20H,3H2/t7-,8+,9+,12+/m0/s1. The molecule has 110 valence electrons. The Morgan fingerprint density at radius 2 is 2.05 bits per heavy atom. The first-order valence-corrected chi connectivity index (χ1v) is 6.48. The number of ether oxygens (including phenoxy) is 1. The van der Waals surface area contributed by atoms with Gasteiger partial charge in [-0.2, -0.15) is 5.10 Å². The zero-order valence-electron chi connectivity index (χ0n) is 10.8. The van der Waals surface area contributed by atoms with Crippen LogP contribution in [-0.2, 0) is 4.74 Å². The molecule has 0 unspecified atom stereocenters. The number of rotatable bonds is 2. The Bertz CT molecular complexity index is 799. The fourth-order valence-corrected chi connectivity index (χ4v) is 2.70. The second-order valence-corrected chi connectivity index (χ2v) is 4.96. The fraction of sp³-hybridized carbons (Fsp3) is 0.417. The highest BCUT2D eigenvalue weighted by Crippen LogP contribution is 2.32. The Morgan fingerprint density at radius 1 is 1.19 bits per heavy atom. The third-order valence-electron chi connectivity index (χ3n) is 3.78. The van der Waals surface area contributed by atoms with Gasteiger partial charge < -0.3 is 24.6 Å². The van der Waals surface area contributed by atoms with Gasteiger partial charge in [-0.3, -0.25) is 0 Å². The summed E-state index contributed by atoms with van der Waals surface area (Å²) in [7, 11) is 0. The monoisotopic (exact) mass is 291 g/mol. The summed E-state index contributed by atoms with van der Waals surface area (Å²) in [5.41, 5.74) is 1.20. The predicted octanol–water partition coefficient (Wildman–Crippen LogP) is -1.31. The van der Waals surface area contributed by atoms with Gasteiger partial charge in [-0.15, -0.1) is 0 Å². The topological polar surface area (TPSA) is 118 Å². The number of hydrogen-bond donors (Lipinski definition) is 3. The first-order chi connectivity index (χ1) is 10.2. The van der Waals surface area contributed by atoms with E-state index in [9.17, 15) is 10.2 Å². The molecule has 0 amide bonds. The Hall–Kier alpha value is -2.07. The van der Waals surface area contributed by atoms with E-state index in [1.807, 2.05) is 0 Å². The molecule has 9 heteroatoms. The average molecular weight is 291 g/mol. The first kappa shape index (κ1) is 12.7. The van der Waals surface area contributed by atoms with Crippen LogP contribution in [0.5, 0.6) is 0 Å². The van der Waals surface area contributed by atoms with Crippen molar-refractivity contribution in [2.75, 3.05) is 6.61 Å². The molecule has 21 heavy (non-hydrogen) atoms. The number of fused-ring (bicyclic) bond motifs is 3. The minimum atomic E-state index is -1.14. The Kier molecular flexibility index (Phi) is 2.69. The van der Waals surface area contributed by atoms with Crippen LogP contribution in [0.4, 0.5) is 0 Å². The van der Waals surface area contributed by atoms with Crippen molar-refractivity contribution < 1.29 is 20.1 Å². The van der Waals surface area contributed by atoms with Crippen molar-refractivity contribution in [2.24, 2.45) is 0 Å². The highest BCUT2D eigenvalue weighted by Gasteiger charge is 2.43. The maximum Gasteiger partial charge on any atom is 0.168 e. The van der Waals surface area contributed by atoms with Gasteiger partial charge in [-0.05, 0) is 6.07 Å². The van der Waals surface area contributed by atoms with Gasteiger partial charge in [0.15, 0.2) is 11.9 Å². The van der Waals surface area contributed by atoms with Crippen molar-refractivity contribution in [1.29, 1.82) is 0 Å². The molecule has 1 saturated heterocycles. The predicted molar refractivity (Wildman–Crippen MR) is 69.3 cm³/mol. The lowest BCUT2D eigenvalue weighted by atomic mass is 10.1. The number of aliphatic hydroxyl groups excluding tert-OH is 3. The maximum atomic E-state index is 10.1. The minimum Gasteiger partial charge on any atom is -0.394 e. The van der Waals surface area contributed by atoms with Gasteiger partial charge in [0.05, 0.1) is 12.0 Å². The largest absolute Gasteiger partial charge is 0.394 e. The van der Waals surface area contributed by atoms with Gasteiger partial charge in [0.25, 0.3) is 0 Å². The van der Waals surface area contributed by atoms with Gasteiger partial charge in [0.2, 0.25) is 0 Å². The first-order valence-electron chi connectivity index (χ1n) is 6.48. The number of nitrogens with zero attached hydrogens (tertiary/aromatic N) is 5. The van der Waals surface area contributed by atoms with E-state index in [2.05, 4.69) is 15.1 Å². The minimum absolute atomic E-state index is 0.365. The lowest BCUT2D eigenvalue weighted by molar-refractivity contribution is -0.0508. The second kappa shape index (κ2) is 4.46. The molecule has 0 saturated carbocycles. The number of aromatic nitrogens is 5. The van der Waals surface area contributed by atoms with Crippen LogP contribution in [0.1, 0.15) is 6.23 Å². The van der Waals surface area contributed by atoms with Crippen molar-refractivity contribution >= 4 is 16.7 Å². The number of aliphatic hydroxyl groups is 3. The summed E-state index contributed by atoms with van der Waals surface area (Å²) in [5, 5.41) is 33.9. The van der Waals surface area contributed by atoms with E-state index < -0.39 is 24.5 Å². The van der Waals surface area contributed by atoms with Crippen molar-refractivity contribution in [1.82, 2.24) is 24.1 Å². The molecule has 3 N–H and O–H groups in total. The second-order valence-electron chi connectivity index (χ2n) is 4.96. The van der Waals surface area contributed by atoms with Gasteiger partial charge in [-0.1, -0.05) is 0 Å². The third kappa shape index (κ3) is 1.69. The summed E-state index contributed by atoms with van der Waals surface area (Å²) in [6, 6.07) is 1.79. The maximum absolute atomic E-state index is 10.1. The van der Waals surface area contributed by atoms with E-state index in [-0.39, 0.29) is 6.61 Å². The quantitative estimate of drug-likeness (QED) is 0.536. The third-order valence-corrected chi connectivity index (χ3v) is 3.78. The van der Waals surface area contributed by atoms with E-state index >= 15 is 0 Å². The molecule has 0 radical (unpaired) electrons. The zero-order valence-corrected chi connectivity index (χ0v) is 10.8. The summed E-state index contributed by atoms with van der Waals surface area (Å²) in [5.74, 6) is 0. The molecule has 4 heterocycles. The average Bonchev–Trinajstić information content (AvgIpc) is 3.17. The SMILES string of the molecule is OC[C@@H]1O[C@@H](n2ccc3c2ncn2ncnc32)[C@H](O)[C@@H]1O. The van der Waals surface area contributed by atoms with Crippen molar-refractivity contribution in [3.05, 3.63) is 24.9 Å². The molecule has 0 aromatic carbocycles. The molecular formula is C12H13N5O4. The molecule has 0 aliphatic carbocycles. The van der Waals surface area contributed by atoms with Crippen LogP contribution in [0.15, 0.2) is 24.9 Å². The van der Waals surface area contributed by atoms with E-state index in [0.717, 1.165) is 5.39 Å². The van der Waals surface area contributed by atoms with Crippen LogP contribution in [0, 0.1) is 0 Å². The molecule has 4 atom stereocenters. The summed E-state index contributed by atoms with van der Waals surface area (Å²) in [6.07, 6.45) is 0.727. The molecule has 0 spiro atoms. The van der Waals surface area contributed by atoms with Crippen molar-refractivity contribution in [3.8, 4) is 0 Å². The Morgan fingerprint density at radius 3 is 2.81 bits per heavy atom. The molecule has 3 aromatic heterocycles. The van der Waals surface area contributed by atoms with Crippen LogP contribution in [0.25, 0.3) is 16.7 Å². The van der Waals surface area contributed by atoms with E-state index in [1.54, 1.807) is 21.3 Å². The van der Waals surface area contributed by atoms with Crippen LogP contribution < -0.4 is 0 Å². The Labute approximate surface area is 118 Å². The van der Waals surface area contributed by atoms with E-state index in [0.29, 0.717) is 11.3 Å². The van der Waals surface area contributed by atoms with E-state index in [4.69, 9.17) is 9.84 Å². The summed E-state index contributed by atoms with van der Waals surface area (Å²) in [4.78, 5) is 8.44. The summed E-state index contributed by atoms with van der Waals surface area (Å²) in [6.45, 7) is -0.365. The summed E-state index contributed by atoms with van der Waals surface area (Å²) >= 11 is 0. The van der Waals surface area contributed by atoms with Crippen LogP contribution in [0.3, 0.4) is 0 Å². The highest BCUT2D eigenvalue weighted by molar-refractivity contribution is 5.89. The lowest BCUT2D eigenvalue weighted by Crippen LogP contribution is -2.33. The highest BCUT2D eigenvalue weighted by atomic mass is 16.6. The Balaban J connectivity index is 1.84.